The van der Waals surface area contributed by atoms with Crippen LogP contribution >= 0.6 is 0 Å². The third-order valence-electron chi connectivity index (χ3n) is 2.22. The lowest BCUT2D eigenvalue weighted by molar-refractivity contribution is -0.192. The number of halogens is 3. The Morgan fingerprint density at radius 1 is 1.25 bits per heavy atom. The molecule has 0 saturated heterocycles. The van der Waals surface area contributed by atoms with Crippen molar-refractivity contribution in [3.8, 4) is 0 Å². The van der Waals surface area contributed by atoms with Crippen molar-refractivity contribution < 1.29 is 22.7 Å². The van der Waals surface area contributed by atoms with Crippen molar-refractivity contribution in [2.45, 2.75) is 12.6 Å². The third kappa shape index (κ3) is 1.93. The molecule has 5 heteroatoms. The summed E-state index contributed by atoms with van der Waals surface area (Å²) in [5.74, 6) is -2.20. The van der Waals surface area contributed by atoms with Crippen LogP contribution in [-0.4, -0.2) is 12.1 Å². The molecular formula is C11H7F3O2. The first kappa shape index (κ1) is 10.7. The number of allylic oxidation sites excluding steroid dienone is 1. The number of hydrogen-bond donors (Lipinski definition) is 0. The zero-order chi connectivity index (χ0) is 11.8. The van der Waals surface area contributed by atoms with Gasteiger partial charge in [0.15, 0.2) is 0 Å². The van der Waals surface area contributed by atoms with Crippen LogP contribution < -0.4 is 0 Å². The lowest BCUT2D eigenvalue weighted by atomic mass is 10.1. The van der Waals surface area contributed by atoms with E-state index in [4.69, 9.17) is 0 Å². The maximum absolute atomic E-state index is 12.0. The second kappa shape index (κ2) is 3.66. The predicted octanol–water partition coefficient (Wildman–Crippen LogP) is 2.69. The van der Waals surface area contributed by atoms with Gasteiger partial charge in [0.1, 0.15) is 5.76 Å². The standard InChI is InChI=1S/C11H7F3O2/c12-11(13,14)10(15)16-9-6-5-7-3-1-2-4-8(7)9/h1-4,6H,5H2. The molecule has 0 N–H and O–H groups in total. The van der Waals surface area contributed by atoms with E-state index in [0.717, 1.165) is 5.56 Å². The molecular weight excluding hydrogens is 221 g/mol. The molecule has 0 unspecified atom stereocenters. The second-order valence-corrected chi connectivity index (χ2v) is 3.32. The Balaban J connectivity index is 2.18. The molecule has 2 rings (SSSR count). The number of ether oxygens (including phenoxy) is 1. The van der Waals surface area contributed by atoms with Crippen LogP contribution in [-0.2, 0) is 16.0 Å². The first-order valence-electron chi connectivity index (χ1n) is 4.56. The van der Waals surface area contributed by atoms with Gasteiger partial charge in [0.25, 0.3) is 0 Å². The summed E-state index contributed by atoms with van der Waals surface area (Å²) in [6, 6.07) is 6.86. The van der Waals surface area contributed by atoms with Gasteiger partial charge >= 0.3 is 12.1 Å². The summed E-state index contributed by atoms with van der Waals surface area (Å²) in [4.78, 5) is 10.6. The lowest BCUT2D eigenvalue weighted by Crippen LogP contribution is -2.24. The van der Waals surface area contributed by atoms with Crippen LogP contribution in [0, 0.1) is 0 Å². The van der Waals surface area contributed by atoms with Crippen molar-refractivity contribution in [1.29, 1.82) is 0 Å². The van der Waals surface area contributed by atoms with Crippen LogP contribution in [0.4, 0.5) is 13.2 Å². The maximum atomic E-state index is 12.0. The molecule has 84 valence electrons. The van der Waals surface area contributed by atoms with Gasteiger partial charge in [-0.3, -0.25) is 0 Å². The van der Waals surface area contributed by atoms with E-state index in [2.05, 4.69) is 4.74 Å². The molecule has 0 saturated carbocycles. The molecule has 0 aromatic heterocycles. The van der Waals surface area contributed by atoms with E-state index in [0.29, 0.717) is 12.0 Å². The number of hydrogen-bond acceptors (Lipinski definition) is 2. The van der Waals surface area contributed by atoms with Gasteiger partial charge in [-0.15, -0.1) is 0 Å². The highest BCUT2D eigenvalue weighted by molar-refractivity contribution is 5.84. The van der Waals surface area contributed by atoms with Gasteiger partial charge < -0.3 is 4.74 Å². The molecule has 0 spiro atoms. The van der Waals surface area contributed by atoms with Gasteiger partial charge in [-0.05, 0) is 18.1 Å². The van der Waals surface area contributed by atoms with Crippen molar-refractivity contribution in [1.82, 2.24) is 0 Å². The number of carbonyl (C=O) groups excluding carboxylic acids is 1. The first-order valence-corrected chi connectivity index (χ1v) is 4.56. The smallest absolute Gasteiger partial charge is 0.420 e. The van der Waals surface area contributed by atoms with E-state index < -0.39 is 12.1 Å². The molecule has 1 aromatic carbocycles. The molecule has 0 bridgehead atoms. The van der Waals surface area contributed by atoms with Gasteiger partial charge in [0.2, 0.25) is 0 Å². The quantitative estimate of drug-likeness (QED) is 0.691. The first-order chi connectivity index (χ1) is 7.48. The Bertz CT molecular complexity index is 461. The van der Waals surface area contributed by atoms with Gasteiger partial charge in [0.05, 0.1) is 0 Å². The van der Waals surface area contributed by atoms with Gasteiger partial charge in [0, 0.05) is 5.56 Å². The largest absolute Gasteiger partial charge is 0.491 e. The van der Waals surface area contributed by atoms with E-state index in [1.165, 1.54) is 6.08 Å². The Morgan fingerprint density at radius 2 is 1.94 bits per heavy atom. The molecule has 0 aliphatic heterocycles. The molecule has 2 nitrogen and oxygen atoms in total. The molecule has 0 heterocycles. The number of esters is 1. The van der Waals surface area contributed by atoms with Crippen LogP contribution in [0.1, 0.15) is 11.1 Å². The minimum atomic E-state index is -4.96. The molecule has 0 amide bonds. The highest BCUT2D eigenvalue weighted by Crippen LogP contribution is 2.30. The number of fused-ring (bicyclic) bond motifs is 1. The highest BCUT2D eigenvalue weighted by Gasteiger charge is 2.42. The fourth-order valence-corrected chi connectivity index (χ4v) is 1.51. The summed E-state index contributed by atoms with van der Waals surface area (Å²) < 4.78 is 40.2. The van der Waals surface area contributed by atoms with Crippen LogP contribution in [0.3, 0.4) is 0 Å². The van der Waals surface area contributed by atoms with E-state index in [1.54, 1.807) is 24.3 Å². The van der Waals surface area contributed by atoms with Gasteiger partial charge in [-0.2, -0.15) is 13.2 Å². The van der Waals surface area contributed by atoms with Crippen molar-refractivity contribution >= 4 is 11.7 Å². The minimum absolute atomic E-state index is 0.0158. The van der Waals surface area contributed by atoms with Crippen molar-refractivity contribution in [2.75, 3.05) is 0 Å². The molecule has 0 fully saturated rings. The van der Waals surface area contributed by atoms with E-state index in [1.807, 2.05) is 0 Å². The molecule has 0 atom stereocenters. The van der Waals surface area contributed by atoms with E-state index in [-0.39, 0.29) is 5.76 Å². The molecule has 16 heavy (non-hydrogen) atoms. The summed E-state index contributed by atoms with van der Waals surface area (Å²) in [5.41, 5.74) is 1.40. The summed E-state index contributed by atoms with van der Waals surface area (Å²) in [5, 5.41) is 0. The molecule has 0 radical (unpaired) electrons. The zero-order valence-corrected chi connectivity index (χ0v) is 8.04. The van der Waals surface area contributed by atoms with Crippen molar-refractivity contribution in [3.63, 3.8) is 0 Å². The maximum Gasteiger partial charge on any atom is 0.491 e. The fraction of sp³-hybridized carbons (Fsp3) is 0.182. The van der Waals surface area contributed by atoms with Crippen LogP contribution in [0.15, 0.2) is 30.3 Å². The zero-order valence-electron chi connectivity index (χ0n) is 8.04. The predicted molar refractivity (Wildman–Crippen MR) is 50.3 cm³/mol. The Hall–Kier alpha value is -1.78. The van der Waals surface area contributed by atoms with Gasteiger partial charge in [-0.25, -0.2) is 4.79 Å². The number of carbonyl (C=O) groups is 1. The molecule has 1 aliphatic carbocycles. The molecule has 1 aromatic rings. The Labute approximate surface area is 89.3 Å². The summed E-state index contributed by atoms with van der Waals surface area (Å²) in [6.07, 6.45) is -3.01. The number of alkyl halides is 3. The fourth-order valence-electron chi connectivity index (χ4n) is 1.51. The summed E-state index contributed by atoms with van der Waals surface area (Å²) in [6.45, 7) is 0. The van der Waals surface area contributed by atoms with Crippen LogP contribution in [0.25, 0.3) is 5.76 Å². The summed E-state index contributed by atoms with van der Waals surface area (Å²) in [7, 11) is 0. The normalized spacial score (nSPS) is 14.3. The second-order valence-electron chi connectivity index (χ2n) is 3.32. The van der Waals surface area contributed by atoms with E-state index >= 15 is 0 Å². The third-order valence-corrected chi connectivity index (χ3v) is 2.22. The average molecular weight is 228 g/mol. The number of rotatable bonds is 1. The number of benzene rings is 1. The highest BCUT2D eigenvalue weighted by atomic mass is 19.4. The van der Waals surface area contributed by atoms with Crippen molar-refractivity contribution in [2.24, 2.45) is 0 Å². The van der Waals surface area contributed by atoms with E-state index in [9.17, 15) is 18.0 Å². The topological polar surface area (TPSA) is 26.3 Å². The van der Waals surface area contributed by atoms with Crippen LogP contribution in [0.2, 0.25) is 0 Å². The Kier molecular flexibility index (Phi) is 2.46. The summed E-state index contributed by atoms with van der Waals surface area (Å²) >= 11 is 0. The van der Waals surface area contributed by atoms with Crippen molar-refractivity contribution in [3.05, 3.63) is 41.5 Å². The SMILES string of the molecule is O=C(OC1=CCc2ccccc21)C(F)(F)F. The Morgan fingerprint density at radius 3 is 2.62 bits per heavy atom. The lowest BCUT2D eigenvalue weighted by Gasteiger charge is -2.08. The van der Waals surface area contributed by atoms with Gasteiger partial charge in [-0.1, -0.05) is 24.3 Å². The van der Waals surface area contributed by atoms with Crippen LogP contribution in [0.5, 0.6) is 0 Å². The monoisotopic (exact) mass is 228 g/mol. The minimum Gasteiger partial charge on any atom is -0.420 e. The molecule has 1 aliphatic rings. The average Bonchev–Trinajstić information content (AvgIpc) is 2.61.